The molecule has 1 spiro atoms. The number of aromatic nitrogens is 1. The van der Waals surface area contributed by atoms with Crippen LogP contribution in [0.1, 0.15) is 51.0 Å². The lowest BCUT2D eigenvalue weighted by Gasteiger charge is -2.49. The molecule has 3 nitrogen and oxygen atoms in total. The molecule has 1 N–H and O–H groups in total. The first-order chi connectivity index (χ1) is 10.2. The molecule has 1 aromatic heterocycles. The number of pyridine rings is 1. The average Bonchev–Trinajstić information content (AvgIpc) is 2.48. The topological polar surface area (TPSA) is 28.2 Å². The minimum atomic E-state index is -0.233. The molecule has 1 atom stereocenters. The molecule has 1 aliphatic heterocycles. The van der Waals surface area contributed by atoms with Crippen molar-refractivity contribution < 1.29 is 4.39 Å². The van der Waals surface area contributed by atoms with Crippen LogP contribution in [0.3, 0.4) is 0 Å². The van der Waals surface area contributed by atoms with Gasteiger partial charge in [-0.25, -0.2) is 4.39 Å². The molecule has 21 heavy (non-hydrogen) atoms. The van der Waals surface area contributed by atoms with E-state index in [4.69, 9.17) is 0 Å². The summed E-state index contributed by atoms with van der Waals surface area (Å²) in [6.45, 7) is 5.19. The van der Waals surface area contributed by atoms with Gasteiger partial charge in [-0.2, -0.15) is 0 Å². The van der Waals surface area contributed by atoms with Crippen LogP contribution in [0.25, 0.3) is 0 Å². The van der Waals surface area contributed by atoms with E-state index in [1.807, 2.05) is 0 Å². The van der Waals surface area contributed by atoms with Gasteiger partial charge >= 0.3 is 0 Å². The lowest BCUT2D eigenvalue weighted by molar-refractivity contribution is 0.0483. The predicted octanol–water partition coefficient (Wildman–Crippen LogP) is 3.11. The molecule has 1 saturated carbocycles. The fourth-order valence-electron chi connectivity index (χ4n) is 3.96. The molecule has 1 aromatic rings. The molecule has 3 rings (SSSR count). The van der Waals surface area contributed by atoms with Gasteiger partial charge in [-0.3, -0.25) is 9.88 Å². The summed E-state index contributed by atoms with van der Waals surface area (Å²) in [4.78, 5) is 6.53. The average molecular weight is 291 g/mol. The lowest BCUT2D eigenvalue weighted by Crippen LogP contribution is -2.64. The van der Waals surface area contributed by atoms with Gasteiger partial charge in [0.1, 0.15) is 5.82 Å². The van der Waals surface area contributed by atoms with E-state index in [9.17, 15) is 4.39 Å². The molecule has 2 heterocycles. The van der Waals surface area contributed by atoms with Crippen LogP contribution in [-0.4, -0.2) is 34.6 Å². The smallest absolute Gasteiger partial charge is 0.141 e. The zero-order valence-corrected chi connectivity index (χ0v) is 12.9. The van der Waals surface area contributed by atoms with Crippen LogP contribution in [0.5, 0.6) is 0 Å². The molecule has 2 aliphatic rings. The minimum Gasteiger partial charge on any atom is -0.308 e. The van der Waals surface area contributed by atoms with Gasteiger partial charge in [0.05, 0.1) is 6.20 Å². The van der Waals surface area contributed by atoms with E-state index < -0.39 is 0 Å². The maximum absolute atomic E-state index is 13.4. The second-order valence-electron chi connectivity index (χ2n) is 6.70. The van der Waals surface area contributed by atoms with E-state index >= 15 is 0 Å². The normalized spacial score (nSPS) is 26.1. The Morgan fingerprint density at radius 1 is 1.33 bits per heavy atom. The minimum absolute atomic E-state index is 0.233. The highest BCUT2D eigenvalue weighted by molar-refractivity contribution is 5.11. The Labute approximate surface area is 126 Å². The number of nitrogens with zero attached hydrogens (tertiary/aromatic N) is 2. The van der Waals surface area contributed by atoms with Crippen molar-refractivity contribution in [1.29, 1.82) is 0 Å². The van der Waals surface area contributed by atoms with Gasteiger partial charge in [0, 0.05) is 37.4 Å². The summed E-state index contributed by atoms with van der Waals surface area (Å²) in [5.74, 6) is -0.233. The predicted molar refractivity (Wildman–Crippen MR) is 82.5 cm³/mol. The van der Waals surface area contributed by atoms with Gasteiger partial charge < -0.3 is 5.32 Å². The molecule has 0 bridgehead atoms. The third kappa shape index (κ3) is 3.43. The van der Waals surface area contributed by atoms with Crippen molar-refractivity contribution in [1.82, 2.24) is 15.2 Å². The van der Waals surface area contributed by atoms with Gasteiger partial charge in [0.2, 0.25) is 0 Å². The molecule has 1 aliphatic carbocycles. The Hall–Kier alpha value is -1.00. The molecular formula is C17H26FN3. The van der Waals surface area contributed by atoms with E-state index in [0.29, 0.717) is 11.6 Å². The van der Waals surface area contributed by atoms with Gasteiger partial charge in [-0.05, 0) is 30.9 Å². The van der Waals surface area contributed by atoms with Crippen molar-refractivity contribution in [3.8, 4) is 0 Å². The fourth-order valence-corrected chi connectivity index (χ4v) is 3.96. The fraction of sp³-hybridized carbons (Fsp3) is 0.706. The zero-order valence-electron chi connectivity index (χ0n) is 12.9. The Bertz CT molecular complexity index is 471. The van der Waals surface area contributed by atoms with Crippen molar-refractivity contribution in [2.75, 3.05) is 13.1 Å². The number of piperazine rings is 1. The van der Waals surface area contributed by atoms with Crippen LogP contribution in [0.15, 0.2) is 18.5 Å². The van der Waals surface area contributed by atoms with Crippen LogP contribution >= 0.6 is 0 Å². The number of nitrogens with one attached hydrogen (secondary N) is 1. The van der Waals surface area contributed by atoms with Gasteiger partial charge in [0.25, 0.3) is 0 Å². The van der Waals surface area contributed by atoms with Gasteiger partial charge in [0.15, 0.2) is 0 Å². The molecular weight excluding hydrogens is 265 g/mol. The molecule has 0 amide bonds. The van der Waals surface area contributed by atoms with Crippen molar-refractivity contribution in [2.24, 2.45) is 0 Å². The van der Waals surface area contributed by atoms with Crippen molar-refractivity contribution in [2.45, 2.75) is 63.6 Å². The van der Waals surface area contributed by atoms with Crippen molar-refractivity contribution in [3.05, 3.63) is 29.8 Å². The van der Waals surface area contributed by atoms with E-state index in [2.05, 4.69) is 22.1 Å². The summed E-state index contributed by atoms with van der Waals surface area (Å²) in [7, 11) is 0. The molecule has 2 fully saturated rings. The van der Waals surface area contributed by atoms with E-state index in [0.717, 1.165) is 31.6 Å². The quantitative estimate of drug-likeness (QED) is 0.927. The van der Waals surface area contributed by atoms with E-state index in [1.54, 1.807) is 12.3 Å². The first-order valence-corrected chi connectivity index (χ1v) is 8.29. The summed E-state index contributed by atoms with van der Waals surface area (Å²) in [5, 5.41) is 3.83. The maximum atomic E-state index is 13.4. The summed E-state index contributed by atoms with van der Waals surface area (Å²) in [5.41, 5.74) is 1.28. The van der Waals surface area contributed by atoms with E-state index in [-0.39, 0.29) is 5.82 Å². The highest BCUT2D eigenvalue weighted by Gasteiger charge is 2.39. The van der Waals surface area contributed by atoms with Gasteiger partial charge in [-0.15, -0.1) is 0 Å². The largest absolute Gasteiger partial charge is 0.308 e. The summed E-state index contributed by atoms with van der Waals surface area (Å²) < 4.78 is 13.4. The Morgan fingerprint density at radius 2 is 2.14 bits per heavy atom. The third-order valence-electron chi connectivity index (χ3n) is 5.16. The highest BCUT2D eigenvalue weighted by Crippen LogP contribution is 2.32. The molecule has 1 saturated heterocycles. The SMILES string of the molecule is CCC1CNC2(CCCCC2)CN1Cc1cncc(F)c1. The number of hydrogen-bond acceptors (Lipinski definition) is 3. The zero-order chi connectivity index (χ0) is 14.7. The number of hydrogen-bond donors (Lipinski definition) is 1. The van der Waals surface area contributed by atoms with Crippen molar-refractivity contribution in [3.63, 3.8) is 0 Å². The Kier molecular flexibility index (Phi) is 4.55. The van der Waals surface area contributed by atoms with Crippen LogP contribution in [0.2, 0.25) is 0 Å². The lowest BCUT2D eigenvalue weighted by atomic mass is 9.79. The second kappa shape index (κ2) is 6.41. The summed E-state index contributed by atoms with van der Waals surface area (Å²) in [6, 6.07) is 2.16. The monoisotopic (exact) mass is 291 g/mol. The standard InChI is InChI=1S/C17H26FN3/c1-2-16-11-20-17(6-4-3-5-7-17)13-21(16)12-14-8-15(18)10-19-9-14/h8-10,16,20H,2-7,11-13H2,1H3. The molecule has 0 aromatic carbocycles. The van der Waals surface area contributed by atoms with Gasteiger partial charge in [-0.1, -0.05) is 26.2 Å². The second-order valence-corrected chi connectivity index (χ2v) is 6.70. The van der Waals surface area contributed by atoms with Crippen LogP contribution in [0, 0.1) is 5.82 Å². The molecule has 116 valence electrons. The van der Waals surface area contributed by atoms with Crippen molar-refractivity contribution >= 4 is 0 Å². The van der Waals surface area contributed by atoms with E-state index in [1.165, 1.54) is 38.3 Å². The first-order valence-electron chi connectivity index (χ1n) is 8.29. The van der Waals surface area contributed by atoms with Crippen LogP contribution in [0.4, 0.5) is 4.39 Å². The molecule has 1 unspecified atom stereocenters. The third-order valence-corrected chi connectivity index (χ3v) is 5.16. The summed E-state index contributed by atoms with van der Waals surface area (Å²) in [6.07, 6.45) is 10.8. The summed E-state index contributed by atoms with van der Waals surface area (Å²) >= 11 is 0. The van der Waals surface area contributed by atoms with Crippen LogP contribution < -0.4 is 5.32 Å². The Balaban J connectivity index is 1.73. The number of halogens is 1. The maximum Gasteiger partial charge on any atom is 0.141 e. The first kappa shape index (κ1) is 14.9. The number of rotatable bonds is 3. The Morgan fingerprint density at radius 3 is 2.86 bits per heavy atom. The molecule has 4 heteroatoms. The molecule has 0 radical (unpaired) electrons. The highest BCUT2D eigenvalue weighted by atomic mass is 19.1. The van der Waals surface area contributed by atoms with Crippen LogP contribution in [-0.2, 0) is 6.54 Å².